The Kier molecular flexibility index (Phi) is 3.81. The van der Waals surface area contributed by atoms with E-state index in [-0.39, 0.29) is 0 Å². The Labute approximate surface area is 124 Å². The van der Waals surface area contributed by atoms with Crippen molar-refractivity contribution in [1.82, 2.24) is 9.97 Å². The maximum absolute atomic E-state index is 5.41. The fourth-order valence-corrected chi connectivity index (χ4v) is 3.52. The molecule has 3 aromatic rings. The van der Waals surface area contributed by atoms with Crippen molar-refractivity contribution in [2.24, 2.45) is 0 Å². The van der Waals surface area contributed by atoms with E-state index in [0.29, 0.717) is 6.61 Å². The van der Waals surface area contributed by atoms with Crippen molar-refractivity contribution < 1.29 is 9.15 Å². The van der Waals surface area contributed by atoms with Crippen LogP contribution in [0.1, 0.15) is 5.69 Å². The van der Waals surface area contributed by atoms with Crippen LogP contribution in [-0.4, -0.2) is 24.1 Å². The number of ether oxygens (including phenoxy) is 1. The molecule has 3 rings (SSSR count). The molecule has 0 aliphatic heterocycles. The monoisotopic (exact) mass is 307 g/mol. The number of nitrogens with one attached hydrogen (secondary N) is 1. The van der Waals surface area contributed by atoms with Crippen molar-refractivity contribution in [3.63, 3.8) is 0 Å². The average molecular weight is 307 g/mol. The lowest BCUT2D eigenvalue weighted by atomic mass is 10.3. The van der Waals surface area contributed by atoms with Crippen molar-refractivity contribution in [3.8, 4) is 21.3 Å². The van der Waals surface area contributed by atoms with Gasteiger partial charge in [-0.15, -0.1) is 22.7 Å². The minimum Gasteiger partial charge on any atom is -0.462 e. The van der Waals surface area contributed by atoms with E-state index in [1.165, 1.54) is 0 Å². The minimum atomic E-state index is 0.457. The van der Waals surface area contributed by atoms with E-state index in [2.05, 4.69) is 15.3 Å². The largest absolute Gasteiger partial charge is 0.462 e. The molecule has 104 valence electrons. The molecule has 0 saturated heterocycles. The van der Waals surface area contributed by atoms with Gasteiger partial charge in [-0.1, -0.05) is 0 Å². The van der Waals surface area contributed by atoms with Gasteiger partial charge in [-0.25, -0.2) is 9.97 Å². The first-order chi connectivity index (χ1) is 9.81. The van der Waals surface area contributed by atoms with Gasteiger partial charge in [0.15, 0.2) is 15.9 Å². The van der Waals surface area contributed by atoms with Gasteiger partial charge in [-0.2, -0.15) is 0 Å². The van der Waals surface area contributed by atoms with E-state index >= 15 is 0 Å². The first kappa shape index (κ1) is 13.3. The molecule has 3 aromatic heterocycles. The molecule has 0 aliphatic rings. The molecule has 5 nitrogen and oxygen atoms in total. The predicted molar refractivity (Wildman–Crippen MR) is 81.2 cm³/mol. The quantitative estimate of drug-likeness (QED) is 0.778. The van der Waals surface area contributed by atoms with E-state index in [1.807, 2.05) is 24.6 Å². The topological polar surface area (TPSA) is 60.2 Å². The third kappa shape index (κ3) is 2.47. The van der Waals surface area contributed by atoms with Gasteiger partial charge < -0.3 is 14.5 Å². The summed E-state index contributed by atoms with van der Waals surface area (Å²) in [5.41, 5.74) is 1.80. The van der Waals surface area contributed by atoms with Crippen molar-refractivity contribution >= 4 is 27.8 Å². The molecule has 7 heteroatoms. The lowest BCUT2D eigenvalue weighted by Gasteiger charge is -1.97. The number of anilines is 1. The minimum absolute atomic E-state index is 0.457. The lowest BCUT2D eigenvalue weighted by Crippen LogP contribution is -1.91. The number of hydrogen-bond donors (Lipinski definition) is 1. The molecular weight excluding hydrogens is 294 g/mol. The Morgan fingerprint density at radius 1 is 1.40 bits per heavy atom. The van der Waals surface area contributed by atoms with E-state index in [9.17, 15) is 0 Å². The zero-order valence-corrected chi connectivity index (χ0v) is 12.7. The summed E-state index contributed by atoms with van der Waals surface area (Å²) in [4.78, 5) is 10.2. The number of thiazole rings is 2. The predicted octanol–water partition coefficient (Wildman–Crippen LogP) is 3.71. The van der Waals surface area contributed by atoms with E-state index < -0.39 is 0 Å². The average Bonchev–Trinajstić information content (AvgIpc) is 3.19. The number of nitrogens with zero attached hydrogens (tertiary/aromatic N) is 2. The number of hydrogen-bond acceptors (Lipinski definition) is 7. The fraction of sp³-hybridized carbons (Fsp3) is 0.231. The fourth-order valence-electron chi connectivity index (χ4n) is 1.78. The van der Waals surface area contributed by atoms with Gasteiger partial charge in [0.05, 0.1) is 29.1 Å². The smallest absolute Gasteiger partial charge is 0.182 e. The van der Waals surface area contributed by atoms with Crippen LogP contribution in [0.15, 0.2) is 28.2 Å². The van der Waals surface area contributed by atoms with Crippen molar-refractivity contribution in [1.29, 1.82) is 0 Å². The van der Waals surface area contributed by atoms with Crippen LogP contribution in [-0.2, 0) is 11.3 Å². The molecule has 3 heterocycles. The molecule has 0 radical (unpaired) electrons. The van der Waals surface area contributed by atoms with Crippen molar-refractivity contribution in [2.75, 3.05) is 19.5 Å². The van der Waals surface area contributed by atoms with Crippen LogP contribution in [0.5, 0.6) is 0 Å². The number of furan rings is 1. The zero-order chi connectivity index (χ0) is 13.9. The molecule has 0 bridgehead atoms. The van der Waals surface area contributed by atoms with Gasteiger partial charge in [-0.05, 0) is 12.1 Å². The molecule has 0 spiro atoms. The third-order valence-corrected chi connectivity index (χ3v) is 4.66. The zero-order valence-electron chi connectivity index (χ0n) is 11.0. The Morgan fingerprint density at radius 3 is 2.95 bits per heavy atom. The van der Waals surface area contributed by atoms with Crippen LogP contribution in [0, 0.1) is 0 Å². The van der Waals surface area contributed by atoms with Gasteiger partial charge in [0.25, 0.3) is 0 Å². The van der Waals surface area contributed by atoms with Gasteiger partial charge in [-0.3, -0.25) is 0 Å². The van der Waals surface area contributed by atoms with Crippen LogP contribution in [0.4, 0.5) is 5.13 Å². The normalized spacial score (nSPS) is 10.9. The van der Waals surface area contributed by atoms with E-state index in [0.717, 1.165) is 32.2 Å². The summed E-state index contributed by atoms with van der Waals surface area (Å²) >= 11 is 3.14. The van der Waals surface area contributed by atoms with Crippen LogP contribution in [0.25, 0.3) is 21.3 Å². The molecule has 0 atom stereocenters. The second-order valence-electron chi connectivity index (χ2n) is 3.99. The molecular formula is C13H13N3O2S2. The van der Waals surface area contributed by atoms with Gasteiger partial charge >= 0.3 is 0 Å². The van der Waals surface area contributed by atoms with Crippen molar-refractivity contribution in [3.05, 3.63) is 29.5 Å². The molecule has 1 N–H and O–H groups in total. The first-order valence-corrected chi connectivity index (χ1v) is 7.67. The Morgan fingerprint density at radius 2 is 2.30 bits per heavy atom. The maximum Gasteiger partial charge on any atom is 0.182 e. The number of aromatic nitrogens is 2. The lowest BCUT2D eigenvalue weighted by molar-refractivity contribution is 0.182. The van der Waals surface area contributed by atoms with E-state index in [1.54, 1.807) is 36.0 Å². The molecule has 0 aromatic carbocycles. The first-order valence-electron chi connectivity index (χ1n) is 5.98. The third-order valence-electron chi connectivity index (χ3n) is 2.66. The highest BCUT2D eigenvalue weighted by molar-refractivity contribution is 7.19. The highest BCUT2D eigenvalue weighted by atomic mass is 32.1. The molecule has 0 amide bonds. The maximum atomic E-state index is 5.41. The highest BCUT2D eigenvalue weighted by Gasteiger charge is 2.17. The van der Waals surface area contributed by atoms with Crippen molar-refractivity contribution in [2.45, 2.75) is 6.61 Å². The van der Waals surface area contributed by atoms with Crippen LogP contribution in [0.3, 0.4) is 0 Å². The number of methoxy groups -OCH3 is 1. The molecule has 20 heavy (non-hydrogen) atoms. The second-order valence-corrected chi connectivity index (χ2v) is 5.85. The summed E-state index contributed by atoms with van der Waals surface area (Å²) in [5, 5.41) is 6.79. The summed E-state index contributed by atoms with van der Waals surface area (Å²) in [6.07, 6.45) is 1.65. The summed E-state index contributed by atoms with van der Waals surface area (Å²) in [5.74, 6) is 0.766. The van der Waals surface area contributed by atoms with Gasteiger partial charge in [0.1, 0.15) is 0 Å². The molecule has 0 saturated carbocycles. The Bertz CT molecular complexity index is 688. The van der Waals surface area contributed by atoms with Crippen LogP contribution < -0.4 is 5.32 Å². The van der Waals surface area contributed by atoms with Gasteiger partial charge in [0, 0.05) is 19.5 Å². The summed E-state index contributed by atoms with van der Waals surface area (Å²) in [7, 11) is 3.52. The van der Waals surface area contributed by atoms with Crippen LogP contribution >= 0.6 is 22.7 Å². The second kappa shape index (κ2) is 5.74. The summed E-state index contributed by atoms with van der Waals surface area (Å²) in [6, 6.07) is 3.76. The molecule has 0 unspecified atom stereocenters. The van der Waals surface area contributed by atoms with E-state index in [4.69, 9.17) is 9.15 Å². The molecule has 0 aliphatic carbocycles. The Hall–Kier alpha value is -1.70. The van der Waals surface area contributed by atoms with Crippen LogP contribution in [0.2, 0.25) is 0 Å². The van der Waals surface area contributed by atoms with Gasteiger partial charge in [0.2, 0.25) is 0 Å². The Balaban J connectivity index is 2.04. The SMILES string of the molecule is CNc1nc(-c2sc(-c3ccco3)nc2COC)cs1. The standard InChI is InChI=1S/C13H13N3O2S2/c1-14-13-16-9(7-19-13)11-8(6-17-2)15-12(20-11)10-4-3-5-18-10/h3-5,7H,6H2,1-2H3,(H,14,16). The summed E-state index contributed by atoms with van der Waals surface area (Å²) in [6.45, 7) is 0.457. The summed E-state index contributed by atoms with van der Waals surface area (Å²) < 4.78 is 10.6. The highest BCUT2D eigenvalue weighted by Crippen LogP contribution is 2.37. The molecule has 0 fully saturated rings. The number of rotatable bonds is 5.